The van der Waals surface area contributed by atoms with Gasteiger partial charge in [-0.1, -0.05) is 6.07 Å². The second-order valence-electron chi connectivity index (χ2n) is 5.07. The van der Waals surface area contributed by atoms with Crippen molar-refractivity contribution in [3.05, 3.63) is 54.4 Å². The minimum Gasteiger partial charge on any atom is -0.399 e. The summed E-state index contributed by atoms with van der Waals surface area (Å²) in [6.45, 7) is 3.99. The van der Waals surface area contributed by atoms with Gasteiger partial charge in [0, 0.05) is 30.7 Å². The van der Waals surface area contributed by atoms with E-state index in [4.69, 9.17) is 5.73 Å². The monoisotopic (exact) mass is 305 g/mol. The largest absolute Gasteiger partial charge is 0.399 e. The first-order chi connectivity index (χ1) is 9.91. The molecule has 1 aromatic heterocycles. The van der Waals surface area contributed by atoms with Gasteiger partial charge >= 0.3 is 0 Å². The highest BCUT2D eigenvalue weighted by Gasteiger charge is 2.27. The van der Waals surface area contributed by atoms with Gasteiger partial charge in [-0.2, -0.15) is 4.31 Å². The third-order valence-corrected chi connectivity index (χ3v) is 5.16. The second kappa shape index (κ2) is 6.24. The Morgan fingerprint density at radius 1 is 1.19 bits per heavy atom. The van der Waals surface area contributed by atoms with Crippen molar-refractivity contribution in [3.8, 4) is 0 Å². The van der Waals surface area contributed by atoms with Gasteiger partial charge in [-0.25, -0.2) is 8.42 Å². The van der Waals surface area contributed by atoms with Crippen LogP contribution in [0, 0.1) is 0 Å². The van der Waals surface area contributed by atoms with E-state index < -0.39 is 10.0 Å². The molecular weight excluding hydrogens is 286 g/mol. The number of hydrogen-bond acceptors (Lipinski definition) is 4. The van der Waals surface area contributed by atoms with Crippen molar-refractivity contribution >= 4 is 15.7 Å². The van der Waals surface area contributed by atoms with Crippen molar-refractivity contribution < 1.29 is 8.42 Å². The minimum atomic E-state index is -3.57. The van der Waals surface area contributed by atoms with E-state index in [-0.39, 0.29) is 17.5 Å². The summed E-state index contributed by atoms with van der Waals surface area (Å²) in [6.07, 6.45) is 3.34. The minimum absolute atomic E-state index is 0.159. The first-order valence-electron chi connectivity index (χ1n) is 6.67. The highest BCUT2D eigenvalue weighted by Crippen LogP contribution is 2.21. The van der Waals surface area contributed by atoms with Gasteiger partial charge < -0.3 is 5.73 Å². The molecule has 1 aromatic carbocycles. The van der Waals surface area contributed by atoms with Crippen LogP contribution in [0.3, 0.4) is 0 Å². The van der Waals surface area contributed by atoms with Crippen LogP contribution in [0.4, 0.5) is 5.69 Å². The van der Waals surface area contributed by atoms with E-state index in [1.165, 1.54) is 16.4 Å². The van der Waals surface area contributed by atoms with E-state index in [1.54, 1.807) is 30.6 Å². The summed E-state index contributed by atoms with van der Waals surface area (Å²) < 4.78 is 27.0. The molecule has 0 fully saturated rings. The van der Waals surface area contributed by atoms with Crippen molar-refractivity contribution in [1.29, 1.82) is 0 Å². The third kappa shape index (κ3) is 3.59. The van der Waals surface area contributed by atoms with Crippen LogP contribution in [0.25, 0.3) is 0 Å². The highest BCUT2D eigenvalue weighted by atomic mass is 32.2. The number of rotatable bonds is 5. The average molecular weight is 305 g/mol. The fraction of sp³-hybridized carbons (Fsp3) is 0.267. The summed E-state index contributed by atoms with van der Waals surface area (Å²) in [5.74, 6) is 0. The Hall–Kier alpha value is -1.92. The number of pyridine rings is 1. The fourth-order valence-corrected chi connectivity index (χ4v) is 3.62. The number of sulfonamides is 1. The number of nitrogen functional groups attached to an aromatic ring is 1. The molecule has 0 radical (unpaired) electrons. The molecule has 0 unspecified atom stereocenters. The van der Waals surface area contributed by atoms with Crippen LogP contribution in [0.1, 0.15) is 19.4 Å². The SMILES string of the molecule is CC(C)N(Cc1cccnc1)S(=O)(=O)c1ccc(N)cc1. The van der Waals surface area contributed by atoms with Gasteiger partial charge in [0.2, 0.25) is 10.0 Å². The van der Waals surface area contributed by atoms with E-state index in [1.807, 2.05) is 19.9 Å². The van der Waals surface area contributed by atoms with Crippen LogP contribution in [0.15, 0.2) is 53.7 Å². The highest BCUT2D eigenvalue weighted by molar-refractivity contribution is 7.89. The molecule has 0 atom stereocenters. The summed E-state index contributed by atoms with van der Waals surface area (Å²) in [5, 5.41) is 0. The maximum Gasteiger partial charge on any atom is 0.243 e. The predicted molar refractivity (Wildman–Crippen MR) is 83.0 cm³/mol. The third-order valence-electron chi connectivity index (χ3n) is 3.12. The number of nitrogens with two attached hydrogens (primary N) is 1. The summed E-state index contributed by atoms with van der Waals surface area (Å²) in [5.41, 5.74) is 7.00. The molecule has 5 nitrogen and oxygen atoms in total. The van der Waals surface area contributed by atoms with Gasteiger partial charge in [0.25, 0.3) is 0 Å². The summed E-state index contributed by atoms with van der Waals surface area (Å²) >= 11 is 0. The Bertz CT molecular complexity index is 683. The normalized spacial score (nSPS) is 12.0. The van der Waals surface area contributed by atoms with E-state index in [2.05, 4.69) is 4.98 Å². The molecule has 112 valence electrons. The number of aromatic nitrogens is 1. The van der Waals surface area contributed by atoms with Gasteiger partial charge in [-0.3, -0.25) is 4.98 Å². The Morgan fingerprint density at radius 2 is 1.86 bits per heavy atom. The van der Waals surface area contributed by atoms with Crippen LogP contribution < -0.4 is 5.73 Å². The van der Waals surface area contributed by atoms with Crippen molar-refractivity contribution in [3.63, 3.8) is 0 Å². The Balaban J connectivity index is 2.35. The fourth-order valence-electron chi connectivity index (χ4n) is 1.99. The number of anilines is 1. The van der Waals surface area contributed by atoms with Crippen LogP contribution >= 0.6 is 0 Å². The van der Waals surface area contributed by atoms with E-state index in [0.717, 1.165) is 5.56 Å². The van der Waals surface area contributed by atoms with E-state index >= 15 is 0 Å². The molecule has 2 aromatic rings. The second-order valence-corrected chi connectivity index (χ2v) is 6.96. The molecule has 0 saturated carbocycles. The van der Waals surface area contributed by atoms with E-state index in [9.17, 15) is 8.42 Å². The van der Waals surface area contributed by atoms with Crippen molar-refractivity contribution in [2.24, 2.45) is 0 Å². The smallest absolute Gasteiger partial charge is 0.243 e. The molecule has 0 saturated heterocycles. The van der Waals surface area contributed by atoms with Crippen LogP contribution in [-0.4, -0.2) is 23.7 Å². The molecule has 2 N–H and O–H groups in total. The molecule has 0 aliphatic rings. The van der Waals surface area contributed by atoms with Crippen molar-refractivity contribution in [1.82, 2.24) is 9.29 Å². The molecule has 6 heteroatoms. The standard InChI is InChI=1S/C15H19N3O2S/c1-12(2)18(11-13-4-3-9-17-10-13)21(19,20)15-7-5-14(16)6-8-15/h3-10,12H,11,16H2,1-2H3. The lowest BCUT2D eigenvalue weighted by Gasteiger charge is -2.26. The molecule has 21 heavy (non-hydrogen) atoms. The summed E-state index contributed by atoms with van der Waals surface area (Å²) in [7, 11) is -3.57. The molecule has 0 spiro atoms. The quantitative estimate of drug-likeness (QED) is 0.860. The van der Waals surface area contributed by atoms with E-state index in [0.29, 0.717) is 5.69 Å². The predicted octanol–water partition coefficient (Wildman–Crippen LogP) is 2.26. The van der Waals surface area contributed by atoms with Crippen LogP contribution in [0.5, 0.6) is 0 Å². The lowest BCUT2D eigenvalue weighted by atomic mass is 10.2. The average Bonchev–Trinajstić information content (AvgIpc) is 2.46. The maximum atomic E-state index is 12.8. The molecule has 0 aliphatic heterocycles. The number of hydrogen-bond donors (Lipinski definition) is 1. The summed E-state index contributed by atoms with van der Waals surface area (Å²) in [4.78, 5) is 4.27. The molecule has 0 amide bonds. The Morgan fingerprint density at radius 3 is 2.38 bits per heavy atom. The number of benzene rings is 1. The van der Waals surface area contributed by atoms with Crippen molar-refractivity contribution in [2.75, 3.05) is 5.73 Å². The van der Waals surface area contributed by atoms with Crippen LogP contribution in [0.2, 0.25) is 0 Å². The van der Waals surface area contributed by atoms with Crippen LogP contribution in [-0.2, 0) is 16.6 Å². The van der Waals surface area contributed by atoms with Crippen molar-refractivity contribution in [2.45, 2.75) is 31.3 Å². The number of nitrogens with zero attached hydrogens (tertiary/aromatic N) is 2. The van der Waals surface area contributed by atoms with Gasteiger partial charge in [-0.05, 0) is 49.7 Å². The lowest BCUT2D eigenvalue weighted by Crippen LogP contribution is -2.36. The topological polar surface area (TPSA) is 76.3 Å². The zero-order valence-corrected chi connectivity index (χ0v) is 12.9. The zero-order valence-electron chi connectivity index (χ0n) is 12.1. The molecule has 0 bridgehead atoms. The van der Waals surface area contributed by atoms with Gasteiger partial charge in [0.15, 0.2) is 0 Å². The first kappa shape index (κ1) is 15.5. The van der Waals surface area contributed by atoms with Gasteiger partial charge in [0.1, 0.15) is 0 Å². The molecule has 2 rings (SSSR count). The van der Waals surface area contributed by atoms with Gasteiger partial charge in [0.05, 0.1) is 4.90 Å². The van der Waals surface area contributed by atoms with Gasteiger partial charge in [-0.15, -0.1) is 0 Å². The molecule has 1 heterocycles. The Labute approximate surface area is 125 Å². The lowest BCUT2D eigenvalue weighted by molar-refractivity contribution is 0.348. The first-order valence-corrected chi connectivity index (χ1v) is 8.11. The molecule has 0 aliphatic carbocycles. The Kier molecular flexibility index (Phi) is 4.59. The summed E-state index contributed by atoms with van der Waals surface area (Å²) in [6, 6.07) is 9.75. The zero-order chi connectivity index (χ0) is 15.5. The molecular formula is C15H19N3O2S. The maximum absolute atomic E-state index is 12.8.